The molecule has 0 amide bonds. The smallest absolute Gasteiger partial charge is 0.377 e. The molecule has 3 rings (SSSR count). The van der Waals surface area contributed by atoms with Gasteiger partial charge in [-0.05, 0) is 41.1 Å². The van der Waals surface area contributed by atoms with Crippen LogP contribution in [0.25, 0.3) is 10.8 Å². The zero-order chi connectivity index (χ0) is 18.5. The van der Waals surface area contributed by atoms with Gasteiger partial charge in [0.05, 0.1) is 0 Å². The number of ketones is 1. The van der Waals surface area contributed by atoms with Crippen molar-refractivity contribution in [2.75, 3.05) is 13.2 Å². The highest BCUT2D eigenvalue weighted by molar-refractivity contribution is 6.39. The predicted octanol–water partition coefficient (Wildman–Crippen LogP) is 3.70. The number of halogens is 1. The third-order valence-electron chi connectivity index (χ3n) is 3.72. The maximum Gasteiger partial charge on any atom is 0.377 e. The van der Waals surface area contributed by atoms with Crippen molar-refractivity contribution in [3.8, 4) is 11.5 Å². The Labute approximate surface area is 148 Å². The van der Waals surface area contributed by atoms with Gasteiger partial charge in [0.2, 0.25) is 0 Å². The van der Waals surface area contributed by atoms with Gasteiger partial charge < -0.3 is 14.6 Å². The Kier molecular flexibility index (Phi) is 5.12. The molecule has 0 aliphatic carbocycles. The molecule has 0 unspecified atom stereocenters. The molecule has 0 saturated heterocycles. The Morgan fingerprint density at radius 1 is 0.885 bits per heavy atom. The van der Waals surface area contributed by atoms with Crippen LogP contribution in [-0.4, -0.2) is 30.1 Å². The Hall–Kier alpha value is -3.41. The summed E-state index contributed by atoms with van der Waals surface area (Å²) in [5.41, 5.74) is -0.241. The van der Waals surface area contributed by atoms with Gasteiger partial charge >= 0.3 is 5.97 Å². The van der Waals surface area contributed by atoms with Gasteiger partial charge in [-0.3, -0.25) is 4.79 Å². The van der Waals surface area contributed by atoms with Crippen LogP contribution in [0.4, 0.5) is 4.39 Å². The van der Waals surface area contributed by atoms with Gasteiger partial charge in [-0.1, -0.05) is 30.3 Å². The standard InChI is InChI=1S/C20H15FO5/c21-17-12-15(19(22)20(23)24)6-8-18(17)26-10-9-25-16-7-5-13-3-1-2-4-14(13)11-16/h1-8,11-12H,9-10H2,(H,23,24). The lowest BCUT2D eigenvalue weighted by atomic mass is 10.1. The number of aliphatic carboxylic acids is 1. The van der Waals surface area contributed by atoms with E-state index in [9.17, 15) is 14.0 Å². The van der Waals surface area contributed by atoms with E-state index in [0.29, 0.717) is 5.75 Å². The summed E-state index contributed by atoms with van der Waals surface area (Å²) in [6.07, 6.45) is 0. The van der Waals surface area contributed by atoms with Crippen LogP contribution in [0.5, 0.6) is 11.5 Å². The number of benzene rings is 3. The first-order valence-electron chi connectivity index (χ1n) is 7.86. The molecule has 0 aliphatic rings. The fraction of sp³-hybridized carbons (Fsp3) is 0.100. The number of carboxylic acids is 1. The van der Waals surface area contributed by atoms with Crippen LogP contribution >= 0.6 is 0 Å². The molecule has 3 aromatic carbocycles. The van der Waals surface area contributed by atoms with Crippen molar-refractivity contribution in [1.29, 1.82) is 0 Å². The summed E-state index contributed by atoms with van der Waals surface area (Å²) in [6.45, 7) is 0.295. The zero-order valence-electron chi connectivity index (χ0n) is 13.6. The summed E-state index contributed by atoms with van der Waals surface area (Å²) >= 11 is 0. The zero-order valence-corrected chi connectivity index (χ0v) is 13.6. The number of fused-ring (bicyclic) bond motifs is 1. The maximum absolute atomic E-state index is 13.9. The summed E-state index contributed by atoms with van der Waals surface area (Å²) in [7, 11) is 0. The molecule has 0 radical (unpaired) electrons. The molecule has 132 valence electrons. The van der Waals surface area contributed by atoms with Crippen molar-refractivity contribution in [3.05, 3.63) is 72.0 Å². The maximum atomic E-state index is 13.9. The molecule has 26 heavy (non-hydrogen) atoms. The monoisotopic (exact) mass is 354 g/mol. The number of rotatable bonds is 7. The minimum atomic E-state index is -1.64. The van der Waals surface area contributed by atoms with Gasteiger partial charge in [0.15, 0.2) is 11.6 Å². The van der Waals surface area contributed by atoms with E-state index in [4.69, 9.17) is 14.6 Å². The van der Waals surface area contributed by atoms with Crippen LogP contribution in [0.1, 0.15) is 10.4 Å². The van der Waals surface area contributed by atoms with Crippen LogP contribution in [0.2, 0.25) is 0 Å². The van der Waals surface area contributed by atoms with E-state index < -0.39 is 17.6 Å². The molecule has 0 heterocycles. The first-order valence-corrected chi connectivity index (χ1v) is 7.86. The summed E-state index contributed by atoms with van der Waals surface area (Å²) in [6, 6.07) is 16.9. The lowest BCUT2D eigenvalue weighted by molar-refractivity contribution is -0.131. The highest BCUT2D eigenvalue weighted by atomic mass is 19.1. The molecular weight excluding hydrogens is 339 g/mol. The third-order valence-corrected chi connectivity index (χ3v) is 3.72. The Bertz CT molecular complexity index is 967. The van der Waals surface area contributed by atoms with Crippen molar-refractivity contribution < 1.29 is 28.6 Å². The fourth-order valence-electron chi connectivity index (χ4n) is 2.45. The number of carbonyl (C=O) groups excluding carboxylic acids is 1. The molecule has 5 nitrogen and oxygen atoms in total. The molecule has 3 aromatic rings. The topological polar surface area (TPSA) is 72.8 Å². The number of carbonyl (C=O) groups is 2. The first kappa shape index (κ1) is 17.4. The number of hydrogen-bond acceptors (Lipinski definition) is 4. The van der Waals surface area contributed by atoms with E-state index in [1.807, 2.05) is 42.5 Å². The van der Waals surface area contributed by atoms with E-state index in [0.717, 1.165) is 16.8 Å². The molecule has 0 atom stereocenters. The second-order valence-corrected chi connectivity index (χ2v) is 5.49. The molecule has 0 aliphatic heterocycles. The number of hydrogen-bond donors (Lipinski definition) is 1. The summed E-state index contributed by atoms with van der Waals surface area (Å²) in [5, 5.41) is 10.8. The van der Waals surface area contributed by atoms with Crippen LogP contribution < -0.4 is 9.47 Å². The van der Waals surface area contributed by atoms with Crippen molar-refractivity contribution >= 4 is 22.5 Å². The lowest BCUT2D eigenvalue weighted by Gasteiger charge is -2.10. The average Bonchev–Trinajstić information content (AvgIpc) is 2.65. The van der Waals surface area contributed by atoms with Crippen LogP contribution in [0.3, 0.4) is 0 Å². The van der Waals surface area contributed by atoms with Gasteiger partial charge in [-0.2, -0.15) is 0 Å². The molecule has 0 saturated carbocycles. The third kappa shape index (κ3) is 3.97. The Morgan fingerprint density at radius 3 is 2.35 bits per heavy atom. The summed E-state index contributed by atoms with van der Waals surface area (Å²) in [5.74, 6) is -3.01. The molecule has 0 bridgehead atoms. The average molecular weight is 354 g/mol. The quantitative estimate of drug-likeness (QED) is 0.398. The summed E-state index contributed by atoms with van der Waals surface area (Å²) < 4.78 is 24.8. The SMILES string of the molecule is O=C(O)C(=O)c1ccc(OCCOc2ccc3ccccc3c2)c(F)c1. The van der Waals surface area contributed by atoms with Crippen molar-refractivity contribution in [1.82, 2.24) is 0 Å². The second-order valence-electron chi connectivity index (χ2n) is 5.49. The Balaban J connectivity index is 1.56. The van der Waals surface area contributed by atoms with Crippen LogP contribution in [0.15, 0.2) is 60.7 Å². The largest absolute Gasteiger partial charge is 0.490 e. The normalized spacial score (nSPS) is 10.5. The molecule has 1 N–H and O–H groups in total. The van der Waals surface area contributed by atoms with Gasteiger partial charge in [-0.25, -0.2) is 9.18 Å². The molecule has 6 heteroatoms. The number of ether oxygens (including phenoxy) is 2. The minimum Gasteiger partial charge on any atom is -0.490 e. The fourth-order valence-corrected chi connectivity index (χ4v) is 2.45. The van der Waals surface area contributed by atoms with E-state index in [1.54, 1.807) is 0 Å². The van der Waals surface area contributed by atoms with E-state index in [2.05, 4.69) is 0 Å². The minimum absolute atomic E-state index is 0.0750. The molecule has 0 aromatic heterocycles. The highest BCUT2D eigenvalue weighted by Crippen LogP contribution is 2.21. The summed E-state index contributed by atoms with van der Waals surface area (Å²) in [4.78, 5) is 21.9. The van der Waals surface area contributed by atoms with Crippen molar-refractivity contribution in [3.63, 3.8) is 0 Å². The van der Waals surface area contributed by atoms with Gasteiger partial charge in [0.25, 0.3) is 5.78 Å². The van der Waals surface area contributed by atoms with Crippen molar-refractivity contribution in [2.24, 2.45) is 0 Å². The molecular formula is C20H15FO5. The second kappa shape index (κ2) is 7.65. The first-order chi connectivity index (χ1) is 12.5. The van der Waals surface area contributed by atoms with Gasteiger partial charge in [0, 0.05) is 5.56 Å². The molecule has 0 fully saturated rings. The van der Waals surface area contributed by atoms with Gasteiger partial charge in [0.1, 0.15) is 19.0 Å². The highest BCUT2D eigenvalue weighted by Gasteiger charge is 2.16. The van der Waals surface area contributed by atoms with Crippen LogP contribution in [-0.2, 0) is 4.79 Å². The van der Waals surface area contributed by atoms with E-state index in [-0.39, 0.29) is 24.5 Å². The van der Waals surface area contributed by atoms with E-state index in [1.165, 1.54) is 12.1 Å². The Morgan fingerprint density at radius 2 is 1.62 bits per heavy atom. The van der Waals surface area contributed by atoms with Gasteiger partial charge in [-0.15, -0.1) is 0 Å². The predicted molar refractivity (Wildman–Crippen MR) is 93.3 cm³/mol. The van der Waals surface area contributed by atoms with Crippen molar-refractivity contribution in [2.45, 2.75) is 0 Å². The van der Waals surface area contributed by atoms with E-state index >= 15 is 0 Å². The number of carboxylic acid groups (broad SMARTS) is 1. The molecule has 0 spiro atoms. The van der Waals surface area contributed by atoms with Crippen LogP contribution in [0, 0.1) is 5.82 Å². The number of Topliss-reactive ketones (excluding diaryl/α,β-unsaturated/α-hetero) is 1. The lowest BCUT2D eigenvalue weighted by Crippen LogP contribution is -2.13.